The van der Waals surface area contributed by atoms with Crippen LogP contribution in [-0.2, 0) is 33.3 Å². The Kier molecular flexibility index (Phi) is 16.5. The minimum absolute atomic E-state index is 0.0200. The van der Waals surface area contributed by atoms with Crippen LogP contribution in [0.3, 0.4) is 0 Å². The topological polar surface area (TPSA) is 331 Å². The quantitative estimate of drug-likeness (QED) is 0.0543. The first-order valence-electron chi connectivity index (χ1n) is 18.6. The van der Waals surface area contributed by atoms with E-state index in [-0.39, 0.29) is 23.0 Å². The Hall–Kier alpha value is -4.14. The predicted molar refractivity (Wildman–Crippen MR) is 200 cm³/mol. The molecular formula is C39H50O21. The molecule has 3 aliphatic heterocycles. The van der Waals surface area contributed by atoms with E-state index in [2.05, 4.69) is 0 Å². The Bertz CT molecular complexity index is 1800. The van der Waals surface area contributed by atoms with Crippen molar-refractivity contribution in [3.05, 3.63) is 59.7 Å². The number of aliphatic hydroxyl groups is 10. The van der Waals surface area contributed by atoms with Crippen molar-refractivity contribution in [3.63, 3.8) is 0 Å². The van der Waals surface area contributed by atoms with Crippen LogP contribution in [0.15, 0.2) is 48.6 Å². The fourth-order valence-electron chi connectivity index (χ4n) is 6.60. The van der Waals surface area contributed by atoms with E-state index in [0.717, 1.165) is 0 Å². The fourth-order valence-corrected chi connectivity index (χ4v) is 6.60. The lowest BCUT2D eigenvalue weighted by molar-refractivity contribution is -0.378. The second kappa shape index (κ2) is 21.1. The van der Waals surface area contributed by atoms with E-state index in [4.69, 9.17) is 37.9 Å². The fraction of sp³-hybridized carbons (Fsp3) is 0.538. The first kappa shape index (κ1) is 46.9. The van der Waals surface area contributed by atoms with Crippen LogP contribution in [0, 0.1) is 0 Å². The smallest absolute Gasteiger partial charge is 0.229 e. The molecule has 0 saturated carbocycles. The van der Waals surface area contributed by atoms with Crippen LogP contribution < -0.4 is 14.2 Å². The first-order valence-corrected chi connectivity index (χ1v) is 18.6. The molecular weight excluding hydrogens is 804 g/mol. The standard InChI is InChI=1S/C39H50O21/c1-53-23-11-17(5-9-21(23)45)3-7-19(43)13-20(44)8-4-18-6-10-22(24(12-18)54-2)55-38-33(51)35(29(47)26(15-41)57-38)60-39-34(52)36(30(48)27(16-42)58-39)59-37-32(50)31(49)28(46)25(14-40)56-37/h3-12,25-42,45-52H,13-16H2,1-2H3/b7-3+,8-4+/t25-,26-,27-,28-,29-,30-,31?,32-,33-,34-,35+,36+,37+,38-,39+/m1/s1. The van der Waals surface area contributed by atoms with Crippen LogP contribution >= 0.6 is 0 Å². The van der Waals surface area contributed by atoms with Gasteiger partial charge in [0.2, 0.25) is 6.29 Å². The second-order valence-electron chi connectivity index (χ2n) is 14.0. The van der Waals surface area contributed by atoms with Crippen LogP contribution in [0.25, 0.3) is 12.2 Å². The number of hydrogen-bond acceptors (Lipinski definition) is 21. The number of rotatable bonds is 17. The number of carbonyl (C=O) groups excluding carboxylic acids is 2. The van der Waals surface area contributed by atoms with Gasteiger partial charge >= 0.3 is 0 Å². The number of aromatic hydroxyl groups is 1. The molecule has 11 N–H and O–H groups in total. The first-order chi connectivity index (χ1) is 28.6. The summed E-state index contributed by atoms with van der Waals surface area (Å²) in [5, 5.41) is 114. The van der Waals surface area contributed by atoms with Gasteiger partial charge in [-0.2, -0.15) is 0 Å². The minimum atomic E-state index is -2.01. The molecule has 3 aliphatic rings. The summed E-state index contributed by atoms with van der Waals surface area (Å²) < 4.78 is 44.2. The van der Waals surface area contributed by atoms with Crippen molar-refractivity contribution in [1.82, 2.24) is 0 Å². The Labute approximate surface area is 342 Å². The van der Waals surface area contributed by atoms with Gasteiger partial charge in [0.25, 0.3) is 0 Å². The average Bonchev–Trinajstić information content (AvgIpc) is 3.24. The molecule has 2 aromatic carbocycles. The lowest BCUT2D eigenvalue weighted by Gasteiger charge is -2.48. The lowest BCUT2D eigenvalue weighted by atomic mass is 9.96. The maximum atomic E-state index is 12.6. The maximum absolute atomic E-state index is 12.6. The summed E-state index contributed by atoms with van der Waals surface area (Å²) in [6.45, 7) is -2.50. The number of allylic oxidation sites excluding steroid dienone is 2. The molecule has 0 radical (unpaired) electrons. The number of hydrogen-bond donors (Lipinski definition) is 11. The van der Waals surface area contributed by atoms with Gasteiger partial charge < -0.3 is 94.1 Å². The minimum Gasteiger partial charge on any atom is -0.504 e. The molecule has 21 nitrogen and oxygen atoms in total. The lowest BCUT2D eigenvalue weighted by Crippen LogP contribution is -2.67. The second-order valence-corrected chi connectivity index (χ2v) is 14.0. The van der Waals surface area contributed by atoms with E-state index in [0.29, 0.717) is 11.1 Å². The molecule has 0 amide bonds. The summed E-state index contributed by atoms with van der Waals surface area (Å²) in [6, 6.07) is 8.85. The van der Waals surface area contributed by atoms with Gasteiger partial charge in [-0.1, -0.05) is 24.3 Å². The molecule has 0 aromatic heterocycles. The molecule has 60 heavy (non-hydrogen) atoms. The van der Waals surface area contributed by atoms with E-state index >= 15 is 0 Å². The van der Waals surface area contributed by atoms with E-state index in [9.17, 15) is 65.8 Å². The normalized spacial score (nSPS) is 34.8. The summed E-state index contributed by atoms with van der Waals surface area (Å²) in [7, 11) is 2.69. The Balaban J connectivity index is 1.25. The van der Waals surface area contributed by atoms with Crippen molar-refractivity contribution in [2.45, 2.75) is 98.5 Å². The number of aliphatic hydroxyl groups excluding tert-OH is 10. The molecule has 1 unspecified atom stereocenters. The summed E-state index contributed by atoms with van der Waals surface area (Å²) in [4.78, 5) is 25.0. The highest BCUT2D eigenvalue weighted by Crippen LogP contribution is 2.36. The van der Waals surface area contributed by atoms with Gasteiger partial charge in [-0.15, -0.1) is 0 Å². The van der Waals surface area contributed by atoms with E-state index in [1.54, 1.807) is 6.07 Å². The number of carbonyl (C=O) groups is 2. The van der Waals surface area contributed by atoms with E-state index < -0.39 is 130 Å². The molecule has 5 rings (SSSR count). The molecule has 0 aliphatic carbocycles. The molecule has 332 valence electrons. The van der Waals surface area contributed by atoms with Gasteiger partial charge in [0.1, 0.15) is 73.2 Å². The molecule has 3 saturated heterocycles. The molecule has 0 spiro atoms. The SMILES string of the molecule is COc1cc(/C=C/C(=O)CC(=O)/C=C/c2ccc(O[C@@H]3O[C@H](CO)[C@@H](O)[C@H](O[C@@H]4O[C@H](CO)[C@@H](O)[C@H](O[C@@H]5O[C@H](CO)[C@@H](O)C(O)[C@H]5O)[C@H]4O)[C@H]3O)c(OC)c2)ccc1O. The Morgan fingerprint density at radius 3 is 1.53 bits per heavy atom. The average molecular weight is 855 g/mol. The highest BCUT2D eigenvalue weighted by atomic mass is 16.8. The monoisotopic (exact) mass is 854 g/mol. The molecule has 21 heteroatoms. The highest BCUT2D eigenvalue weighted by molar-refractivity contribution is 6.10. The number of phenols is 1. The van der Waals surface area contributed by atoms with Crippen molar-refractivity contribution in [3.8, 4) is 23.0 Å². The summed E-state index contributed by atoms with van der Waals surface area (Å²) in [5.41, 5.74) is 1.00. The van der Waals surface area contributed by atoms with Crippen LogP contribution in [0.2, 0.25) is 0 Å². The Morgan fingerprint density at radius 2 is 1.02 bits per heavy atom. The molecule has 15 atom stereocenters. The van der Waals surface area contributed by atoms with Crippen LogP contribution in [-0.4, -0.2) is 194 Å². The number of methoxy groups -OCH3 is 2. The number of benzene rings is 2. The number of ether oxygens (including phenoxy) is 8. The molecule has 0 bridgehead atoms. The van der Waals surface area contributed by atoms with Crippen LogP contribution in [0.5, 0.6) is 23.0 Å². The Morgan fingerprint density at radius 1 is 0.567 bits per heavy atom. The molecule has 3 heterocycles. The summed E-state index contributed by atoms with van der Waals surface area (Å²) >= 11 is 0. The maximum Gasteiger partial charge on any atom is 0.229 e. The predicted octanol–water partition coefficient (Wildman–Crippen LogP) is -3.51. The summed E-state index contributed by atoms with van der Waals surface area (Å²) in [6.07, 6.45) is -21.6. The zero-order valence-corrected chi connectivity index (χ0v) is 32.3. The van der Waals surface area contributed by atoms with Gasteiger partial charge in [-0.3, -0.25) is 9.59 Å². The van der Waals surface area contributed by atoms with Gasteiger partial charge in [0, 0.05) is 0 Å². The van der Waals surface area contributed by atoms with Gasteiger partial charge in [-0.05, 0) is 47.5 Å². The third-order valence-electron chi connectivity index (χ3n) is 9.98. The largest absolute Gasteiger partial charge is 0.504 e. The number of phenolic OH excluding ortho intramolecular Hbond substituents is 1. The van der Waals surface area contributed by atoms with Gasteiger partial charge in [0.05, 0.1) is 40.5 Å². The van der Waals surface area contributed by atoms with Crippen molar-refractivity contribution in [2.75, 3.05) is 34.0 Å². The van der Waals surface area contributed by atoms with Crippen molar-refractivity contribution in [2.24, 2.45) is 0 Å². The van der Waals surface area contributed by atoms with Gasteiger partial charge in [-0.25, -0.2) is 0 Å². The zero-order chi connectivity index (χ0) is 43.8. The van der Waals surface area contributed by atoms with E-state index in [1.165, 1.54) is 68.9 Å². The third-order valence-corrected chi connectivity index (χ3v) is 9.98. The molecule has 3 fully saturated rings. The van der Waals surface area contributed by atoms with Crippen molar-refractivity contribution < 1.29 is 104 Å². The van der Waals surface area contributed by atoms with Gasteiger partial charge in [0.15, 0.2) is 47.1 Å². The third kappa shape index (κ3) is 10.8. The van der Waals surface area contributed by atoms with Crippen LogP contribution in [0.1, 0.15) is 17.5 Å². The van der Waals surface area contributed by atoms with Crippen LogP contribution in [0.4, 0.5) is 0 Å². The summed E-state index contributed by atoms with van der Waals surface area (Å²) in [5.74, 6) is -0.781. The zero-order valence-electron chi connectivity index (χ0n) is 32.3. The number of ketones is 2. The van der Waals surface area contributed by atoms with Crippen molar-refractivity contribution in [1.29, 1.82) is 0 Å². The van der Waals surface area contributed by atoms with E-state index in [1.807, 2.05) is 0 Å². The molecule has 2 aromatic rings. The van der Waals surface area contributed by atoms with Crippen molar-refractivity contribution >= 4 is 23.7 Å². The highest BCUT2D eigenvalue weighted by Gasteiger charge is 2.54.